The quantitative estimate of drug-likeness (QED) is 0.831. The van der Waals surface area contributed by atoms with E-state index in [0.717, 1.165) is 28.0 Å². The van der Waals surface area contributed by atoms with E-state index < -0.39 is 0 Å². The van der Waals surface area contributed by atoms with Crippen molar-refractivity contribution in [3.63, 3.8) is 0 Å². The fourth-order valence-electron chi connectivity index (χ4n) is 2.36. The molecule has 21 heavy (non-hydrogen) atoms. The van der Waals surface area contributed by atoms with Crippen molar-refractivity contribution in [2.75, 3.05) is 20.3 Å². The van der Waals surface area contributed by atoms with Crippen LogP contribution in [0.1, 0.15) is 22.9 Å². The average molecular weight is 389 g/mol. The van der Waals surface area contributed by atoms with Crippen LogP contribution in [0.5, 0.6) is 11.5 Å². The Bertz CT molecular complexity index is 647. The van der Waals surface area contributed by atoms with Gasteiger partial charge in [-0.3, -0.25) is 0 Å². The maximum Gasteiger partial charge on any atom is 0.162 e. The molecule has 0 aliphatic carbocycles. The summed E-state index contributed by atoms with van der Waals surface area (Å²) in [6, 6.07) is 5.89. The second-order valence-corrected chi connectivity index (χ2v) is 6.93. The Balaban J connectivity index is 2.04. The van der Waals surface area contributed by atoms with E-state index in [1.165, 1.54) is 4.88 Å². The SMILES string of the molecule is CNC(c1cc2c(cc1Cl)OCCCO2)c1sccc1Br. The minimum absolute atomic E-state index is 0.0176. The number of fused-ring (bicyclic) bond motifs is 1. The molecule has 112 valence electrons. The molecule has 0 saturated heterocycles. The lowest BCUT2D eigenvalue weighted by Crippen LogP contribution is -2.17. The Morgan fingerprint density at radius 2 is 2.00 bits per heavy atom. The summed E-state index contributed by atoms with van der Waals surface area (Å²) in [5.41, 5.74) is 0.992. The van der Waals surface area contributed by atoms with Crippen LogP contribution in [0.2, 0.25) is 5.02 Å². The van der Waals surface area contributed by atoms with Gasteiger partial charge in [-0.2, -0.15) is 0 Å². The second kappa shape index (κ2) is 6.57. The molecule has 6 heteroatoms. The minimum atomic E-state index is 0.0176. The predicted octanol–water partition coefficient (Wildman–Crippen LogP) is 4.63. The number of halogens is 2. The van der Waals surface area contributed by atoms with Crippen LogP contribution in [0.15, 0.2) is 28.1 Å². The van der Waals surface area contributed by atoms with Crippen LogP contribution in [0.3, 0.4) is 0 Å². The molecule has 3 rings (SSSR count). The molecule has 0 bridgehead atoms. The molecule has 0 fully saturated rings. The maximum absolute atomic E-state index is 6.47. The Morgan fingerprint density at radius 1 is 1.29 bits per heavy atom. The van der Waals surface area contributed by atoms with Gasteiger partial charge in [0, 0.05) is 26.9 Å². The van der Waals surface area contributed by atoms with E-state index >= 15 is 0 Å². The molecule has 0 amide bonds. The van der Waals surface area contributed by atoms with E-state index in [9.17, 15) is 0 Å². The van der Waals surface area contributed by atoms with Crippen LogP contribution in [-0.4, -0.2) is 20.3 Å². The number of benzene rings is 1. The number of rotatable bonds is 3. The highest BCUT2D eigenvalue weighted by molar-refractivity contribution is 9.10. The number of thiophene rings is 1. The van der Waals surface area contributed by atoms with E-state index in [0.29, 0.717) is 18.2 Å². The monoisotopic (exact) mass is 387 g/mol. The first-order chi connectivity index (χ1) is 10.2. The Kier molecular flexibility index (Phi) is 4.74. The third kappa shape index (κ3) is 3.06. The van der Waals surface area contributed by atoms with Gasteiger partial charge in [-0.1, -0.05) is 11.6 Å². The lowest BCUT2D eigenvalue weighted by Gasteiger charge is -2.19. The zero-order valence-electron chi connectivity index (χ0n) is 11.5. The number of hydrogen-bond donors (Lipinski definition) is 1. The summed E-state index contributed by atoms with van der Waals surface area (Å²) in [6.07, 6.45) is 0.883. The van der Waals surface area contributed by atoms with Crippen LogP contribution in [-0.2, 0) is 0 Å². The molecule has 0 spiro atoms. The third-order valence-corrected chi connectivity index (χ3v) is 5.64. The van der Waals surface area contributed by atoms with E-state index in [1.807, 2.05) is 25.2 Å². The van der Waals surface area contributed by atoms with Gasteiger partial charge >= 0.3 is 0 Å². The smallest absolute Gasteiger partial charge is 0.162 e. The zero-order valence-corrected chi connectivity index (χ0v) is 14.6. The van der Waals surface area contributed by atoms with Crippen molar-refractivity contribution >= 4 is 38.9 Å². The number of ether oxygens (including phenoxy) is 2. The molecule has 1 atom stereocenters. The van der Waals surface area contributed by atoms with Gasteiger partial charge < -0.3 is 14.8 Å². The van der Waals surface area contributed by atoms with Crippen molar-refractivity contribution in [3.05, 3.63) is 43.5 Å². The largest absolute Gasteiger partial charge is 0.490 e. The lowest BCUT2D eigenvalue weighted by atomic mass is 10.0. The maximum atomic E-state index is 6.47. The van der Waals surface area contributed by atoms with Crippen LogP contribution in [0.25, 0.3) is 0 Å². The summed E-state index contributed by atoms with van der Waals surface area (Å²) in [4.78, 5) is 1.19. The topological polar surface area (TPSA) is 30.5 Å². The normalized spacial score (nSPS) is 15.6. The van der Waals surface area contributed by atoms with Gasteiger partial charge in [-0.15, -0.1) is 11.3 Å². The molecular weight excluding hydrogens is 374 g/mol. The third-order valence-electron chi connectivity index (χ3n) is 3.37. The molecule has 3 nitrogen and oxygen atoms in total. The van der Waals surface area contributed by atoms with Gasteiger partial charge in [-0.25, -0.2) is 0 Å². The molecule has 1 aromatic heterocycles. The van der Waals surface area contributed by atoms with Crippen LogP contribution in [0.4, 0.5) is 0 Å². The van der Waals surface area contributed by atoms with Gasteiger partial charge in [0.1, 0.15) is 0 Å². The summed E-state index contributed by atoms with van der Waals surface area (Å²) in [5, 5.41) is 6.06. The van der Waals surface area contributed by atoms with Crippen molar-refractivity contribution < 1.29 is 9.47 Å². The number of hydrogen-bond acceptors (Lipinski definition) is 4. The summed E-state index contributed by atoms with van der Waals surface area (Å²) in [5.74, 6) is 1.49. The van der Waals surface area contributed by atoms with Crippen molar-refractivity contribution in [2.24, 2.45) is 0 Å². The van der Waals surface area contributed by atoms with Crippen molar-refractivity contribution in [1.29, 1.82) is 0 Å². The Hall–Kier alpha value is -0.750. The highest BCUT2D eigenvalue weighted by Gasteiger charge is 2.22. The van der Waals surface area contributed by atoms with E-state index in [2.05, 4.69) is 26.6 Å². The highest BCUT2D eigenvalue weighted by atomic mass is 79.9. The van der Waals surface area contributed by atoms with Gasteiger partial charge in [-0.05, 0) is 46.1 Å². The van der Waals surface area contributed by atoms with Crippen molar-refractivity contribution in [1.82, 2.24) is 5.32 Å². The standard InChI is InChI=1S/C15H15BrClNO2S/c1-18-14(15-10(16)3-6-21-15)9-7-12-13(8-11(9)17)20-5-2-4-19-12/h3,6-8,14,18H,2,4-5H2,1H3. The Morgan fingerprint density at radius 3 is 2.62 bits per heavy atom. The number of nitrogens with one attached hydrogen (secondary N) is 1. The minimum Gasteiger partial charge on any atom is -0.490 e. The molecular formula is C15H15BrClNO2S. The summed E-state index contributed by atoms with van der Waals surface area (Å²) < 4.78 is 12.5. The molecule has 2 heterocycles. The van der Waals surface area contributed by atoms with Crippen LogP contribution >= 0.6 is 38.9 Å². The second-order valence-electron chi connectivity index (χ2n) is 4.73. The van der Waals surface area contributed by atoms with Gasteiger partial charge in [0.05, 0.1) is 19.3 Å². The van der Waals surface area contributed by atoms with Crippen molar-refractivity contribution in [3.8, 4) is 11.5 Å². The van der Waals surface area contributed by atoms with Crippen molar-refractivity contribution in [2.45, 2.75) is 12.5 Å². The molecule has 1 aliphatic heterocycles. The van der Waals surface area contributed by atoms with Gasteiger partial charge in [0.25, 0.3) is 0 Å². The molecule has 2 aromatic rings. The van der Waals surface area contributed by atoms with Gasteiger partial charge in [0.15, 0.2) is 11.5 Å². The first-order valence-electron chi connectivity index (χ1n) is 6.70. The average Bonchev–Trinajstić information content (AvgIpc) is 2.76. The molecule has 0 radical (unpaired) electrons. The first kappa shape index (κ1) is 15.2. The van der Waals surface area contributed by atoms with Crippen LogP contribution in [0, 0.1) is 0 Å². The molecule has 1 N–H and O–H groups in total. The van der Waals surface area contributed by atoms with Crippen LogP contribution < -0.4 is 14.8 Å². The first-order valence-corrected chi connectivity index (χ1v) is 8.75. The van der Waals surface area contributed by atoms with E-state index in [1.54, 1.807) is 11.3 Å². The zero-order chi connectivity index (χ0) is 14.8. The van der Waals surface area contributed by atoms with E-state index in [-0.39, 0.29) is 6.04 Å². The van der Waals surface area contributed by atoms with E-state index in [4.69, 9.17) is 21.1 Å². The molecule has 1 aliphatic rings. The Labute approximate surface area is 141 Å². The highest BCUT2D eigenvalue weighted by Crippen LogP contribution is 2.41. The summed E-state index contributed by atoms with van der Waals surface area (Å²) >= 11 is 11.7. The predicted molar refractivity (Wildman–Crippen MR) is 90.0 cm³/mol. The molecule has 1 aromatic carbocycles. The van der Waals surface area contributed by atoms with Gasteiger partial charge in [0.2, 0.25) is 0 Å². The fourth-order valence-corrected chi connectivity index (χ4v) is 4.35. The lowest BCUT2D eigenvalue weighted by molar-refractivity contribution is 0.297. The molecule has 1 unspecified atom stereocenters. The summed E-state index contributed by atoms with van der Waals surface area (Å²) in [7, 11) is 1.93. The molecule has 0 saturated carbocycles. The fraction of sp³-hybridized carbons (Fsp3) is 0.333. The summed E-state index contributed by atoms with van der Waals surface area (Å²) in [6.45, 7) is 1.33.